The van der Waals surface area contributed by atoms with Crippen LogP contribution < -0.4 is 22.4 Å². The number of nitrogens with zero attached hydrogens (tertiary/aromatic N) is 3. The molecule has 1 aromatic carbocycles. The van der Waals surface area contributed by atoms with Crippen LogP contribution in [-0.2, 0) is 11.3 Å². The Balaban J connectivity index is 0.00000192. The first-order valence-electron chi connectivity index (χ1n) is 6.93. The normalized spacial score (nSPS) is 10.4. The summed E-state index contributed by atoms with van der Waals surface area (Å²) < 4.78 is 1.78. The fourth-order valence-corrected chi connectivity index (χ4v) is 2.07. The van der Waals surface area contributed by atoms with Gasteiger partial charge in [-0.3, -0.25) is 4.79 Å². The number of benzene rings is 1. The summed E-state index contributed by atoms with van der Waals surface area (Å²) in [5, 5.41) is 5.02. The van der Waals surface area contributed by atoms with E-state index in [0.29, 0.717) is 5.69 Å². The van der Waals surface area contributed by atoms with Gasteiger partial charge in [-0.2, -0.15) is 9.67 Å². The number of aromatic nitrogens is 2. The van der Waals surface area contributed by atoms with Crippen molar-refractivity contribution in [1.82, 2.24) is 10.4 Å². The zero-order valence-corrected chi connectivity index (χ0v) is 13.0. The highest BCUT2D eigenvalue weighted by atomic mass is 35.5. The molecule has 2 aromatic heterocycles. The lowest BCUT2D eigenvalue weighted by atomic mass is 10.2. The Morgan fingerprint density at radius 1 is 1.09 bits per heavy atom. The smallest absolute Gasteiger partial charge is 0.305 e. The van der Waals surface area contributed by atoms with Crippen LogP contribution >= 0.6 is 0 Å². The van der Waals surface area contributed by atoms with Crippen LogP contribution in [0.2, 0.25) is 0 Å². The number of rotatable bonds is 4. The predicted molar refractivity (Wildman–Crippen MR) is 84.1 cm³/mol. The molecule has 0 atom stereocenters. The van der Waals surface area contributed by atoms with Crippen LogP contribution in [-0.4, -0.2) is 17.1 Å². The van der Waals surface area contributed by atoms with Gasteiger partial charge in [0.1, 0.15) is 0 Å². The molecular weight excluding hydrogens is 312 g/mol. The summed E-state index contributed by atoms with van der Waals surface area (Å²) >= 11 is 0. The largest absolute Gasteiger partial charge is 1.00 e. The van der Waals surface area contributed by atoms with E-state index in [-0.39, 0.29) is 24.9 Å². The highest BCUT2D eigenvalue weighted by Crippen LogP contribution is 2.10. The summed E-state index contributed by atoms with van der Waals surface area (Å²) in [6.45, 7) is 0.226. The second kappa shape index (κ2) is 8.00. The number of hydrazone groups is 1. The van der Waals surface area contributed by atoms with Gasteiger partial charge in [0.2, 0.25) is 6.54 Å². The standard InChI is InChI=1S/C17H14N4O.ClH/c22-17(13-21-10-4-1-5-11-21)20-18-12-15-9-8-14-6-2-3-7-16(14)19-15;/h1-12H,13H2;1H. The first-order valence-corrected chi connectivity index (χ1v) is 6.93. The third-order valence-electron chi connectivity index (χ3n) is 3.11. The Bertz CT molecular complexity index is 821. The number of para-hydroxylation sites is 1. The SMILES string of the molecule is O=C(C[n+]1ccccc1)N/N=C/c1ccc2ccccc2n1.[Cl-]. The van der Waals surface area contributed by atoms with Crippen LogP contribution in [0.3, 0.4) is 0 Å². The molecule has 2 heterocycles. The molecule has 0 radical (unpaired) electrons. The third-order valence-corrected chi connectivity index (χ3v) is 3.11. The molecule has 0 saturated carbocycles. The average molecular weight is 327 g/mol. The lowest BCUT2D eigenvalue weighted by Crippen LogP contribution is -3.00. The van der Waals surface area contributed by atoms with Gasteiger partial charge in [0.25, 0.3) is 0 Å². The van der Waals surface area contributed by atoms with E-state index in [1.54, 1.807) is 10.8 Å². The van der Waals surface area contributed by atoms with E-state index >= 15 is 0 Å². The van der Waals surface area contributed by atoms with Crippen LogP contribution in [0, 0.1) is 0 Å². The Morgan fingerprint density at radius 3 is 2.70 bits per heavy atom. The van der Waals surface area contributed by atoms with Gasteiger partial charge in [-0.15, -0.1) is 0 Å². The van der Waals surface area contributed by atoms with Gasteiger partial charge < -0.3 is 12.4 Å². The Kier molecular flexibility index (Phi) is 5.77. The maximum absolute atomic E-state index is 11.7. The summed E-state index contributed by atoms with van der Waals surface area (Å²) in [6.07, 6.45) is 5.20. The monoisotopic (exact) mass is 326 g/mol. The molecule has 1 amide bonds. The van der Waals surface area contributed by atoms with Crippen molar-refractivity contribution < 1.29 is 21.8 Å². The van der Waals surface area contributed by atoms with Crippen molar-refractivity contribution in [3.8, 4) is 0 Å². The number of hydrogen-bond acceptors (Lipinski definition) is 3. The fraction of sp³-hybridized carbons (Fsp3) is 0.0588. The highest BCUT2D eigenvalue weighted by molar-refractivity contribution is 5.85. The van der Waals surface area contributed by atoms with Gasteiger partial charge in [-0.05, 0) is 12.1 Å². The average Bonchev–Trinajstić information content (AvgIpc) is 2.55. The number of amides is 1. The first kappa shape index (κ1) is 16.6. The van der Waals surface area contributed by atoms with Crippen molar-refractivity contribution in [3.63, 3.8) is 0 Å². The lowest BCUT2D eigenvalue weighted by Gasteiger charge is -1.98. The number of carbonyl (C=O) groups excluding carboxylic acids is 1. The minimum Gasteiger partial charge on any atom is -1.00 e. The second-order valence-electron chi connectivity index (χ2n) is 4.77. The maximum Gasteiger partial charge on any atom is 0.305 e. The van der Waals surface area contributed by atoms with E-state index in [1.165, 1.54) is 0 Å². The lowest BCUT2D eigenvalue weighted by molar-refractivity contribution is -0.684. The number of halogens is 1. The van der Waals surface area contributed by atoms with Gasteiger partial charge in [0.05, 0.1) is 17.4 Å². The van der Waals surface area contributed by atoms with Crippen LogP contribution in [0.25, 0.3) is 10.9 Å². The van der Waals surface area contributed by atoms with Gasteiger partial charge in [-0.25, -0.2) is 10.4 Å². The van der Waals surface area contributed by atoms with Gasteiger partial charge >= 0.3 is 5.91 Å². The van der Waals surface area contributed by atoms with E-state index in [1.807, 2.05) is 67.0 Å². The molecule has 0 aliphatic rings. The molecule has 0 fully saturated rings. The minimum absolute atomic E-state index is 0. The quantitative estimate of drug-likeness (QED) is 0.367. The molecule has 0 unspecified atom stereocenters. The molecule has 6 heteroatoms. The molecule has 23 heavy (non-hydrogen) atoms. The van der Waals surface area contributed by atoms with E-state index in [2.05, 4.69) is 15.5 Å². The second-order valence-corrected chi connectivity index (χ2v) is 4.77. The van der Waals surface area contributed by atoms with Crippen molar-refractivity contribution >= 4 is 23.0 Å². The molecule has 0 saturated heterocycles. The number of hydrogen-bond donors (Lipinski definition) is 1. The Hall–Kier alpha value is -2.79. The van der Waals surface area contributed by atoms with Crippen LogP contribution in [0.5, 0.6) is 0 Å². The van der Waals surface area contributed by atoms with Gasteiger partial charge in [-0.1, -0.05) is 30.3 Å². The molecule has 3 aromatic rings. The van der Waals surface area contributed by atoms with Crippen molar-refractivity contribution in [3.05, 3.63) is 72.7 Å². The summed E-state index contributed by atoms with van der Waals surface area (Å²) in [7, 11) is 0. The zero-order chi connectivity index (χ0) is 15.2. The summed E-state index contributed by atoms with van der Waals surface area (Å²) in [5.41, 5.74) is 4.10. The van der Waals surface area contributed by atoms with Crippen LogP contribution in [0.1, 0.15) is 5.69 Å². The van der Waals surface area contributed by atoms with Crippen LogP contribution in [0.15, 0.2) is 72.1 Å². The van der Waals surface area contributed by atoms with E-state index in [0.717, 1.165) is 10.9 Å². The van der Waals surface area contributed by atoms with Gasteiger partial charge in [0.15, 0.2) is 12.4 Å². The minimum atomic E-state index is -0.187. The maximum atomic E-state index is 11.7. The molecule has 5 nitrogen and oxygen atoms in total. The highest BCUT2D eigenvalue weighted by Gasteiger charge is 2.06. The van der Waals surface area contributed by atoms with Crippen molar-refractivity contribution in [2.75, 3.05) is 0 Å². The van der Waals surface area contributed by atoms with Crippen molar-refractivity contribution in [1.29, 1.82) is 0 Å². The summed E-state index contributed by atoms with van der Waals surface area (Å²) in [4.78, 5) is 16.2. The Morgan fingerprint density at radius 2 is 1.87 bits per heavy atom. The molecule has 0 aliphatic heterocycles. The van der Waals surface area contributed by atoms with Crippen LogP contribution in [0.4, 0.5) is 0 Å². The molecule has 116 valence electrons. The molecule has 3 rings (SSSR count). The van der Waals surface area contributed by atoms with Crippen molar-refractivity contribution in [2.24, 2.45) is 5.10 Å². The molecule has 0 bridgehead atoms. The molecule has 0 spiro atoms. The number of nitrogens with one attached hydrogen (secondary N) is 1. The number of carbonyl (C=O) groups is 1. The number of pyridine rings is 2. The van der Waals surface area contributed by atoms with Gasteiger partial charge in [0, 0.05) is 17.5 Å². The topological polar surface area (TPSA) is 58.2 Å². The molecule has 0 aliphatic carbocycles. The summed E-state index contributed by atoms with van der Waals surface area (Å²) in [6, 6.07) is 17.3. The first-order chi connectivity index (χ1) is 10.8. The fourth-order valence-electron chi connectivity index (χ4n) is 2.07. The molecule has 1 N–H and O–H groups in total. The van der Waals surface area contributed by atoms with Crippen molar-refractivity contribution in [2.45, 2.75) is 6.54 Å². The van der Waals surface area contributed by atoms with E-state index < -0.39 is 0 Å². The predicted octanol–water partition coefficient (Wildman–Crippen LogP) is -1.32. The Labute approximate surface area is 140 Å². The van der Waals surface area contributed by atoms with E-state index in [4.69, 9.17) is 0 Å². The molecular formula is C17H15ClN4O. The number of fused-ring (bicyclic) bond motifs is 1. The van der Waals surface area contributed by atoms with E-state index in [9.17, 15) is 4.79 Å². The zero-order valence-electron chi connectivity index (χ0n) is 12.3. The summed E-state index contributed by atoms with van der Waals surface area (Å²) in [5.74, 6) is -0.187. The third kappa shape index (κ3) is 4.59.